The second-order valence-electron chi connectivity index (χ2n) is 5.28. The molecule has 3 N–H and O–H groups in total. The van der Waals surface area contributed by atoms with Gasteiger partial charge >= 0.3 is 0 Å². The van der Waals surface area contributed by atoms with E-state index in [1.807, 2.05) is 44.2 Å². The lowest BCUT2D eigenvalue weighted by Crippen LogP contribution is -2.35. The quantitative estimate of drug-likeness (QED) is 0.839. The van der Waals surface area contributed by atoms with E-state index in [9.17, 15) is 4.79 Å². The van der Waals surface area contributed by atoms with Gasteiger partial charge < -0.3 is 11.1 Å². The van der Waals surface area contributed by atoms with Crippen LogP contribution in [0.2, 0.25) is 0 Å². The Kier molecular flexibility index (Phi) is 6.04. The van der Waals surface area contributed by atoms with Crippen molar-refractivity contribution >= 4 is 23.4 Å². The van der Waals surface area contributed by atoms with Crippen LogP contribution in [0.5, 0.6) is 0 Å². The Morgan fingerprint density at radius 1 is 1.18 bits per heavy atom. The van der Waals surface area contributed by atoms with Crippen molar-refractivity contribution in [3.63, 3.8) is 0 Å². The minimum atomic E-state index is -0.442. The molecule has 22 heavy (non-hydrogen) atoms. The minimum Gasteiger partial charge on any atom is -0.324 e. The Morgan fingerprint density at radius 3 is 2.55 bits per heavy atom. The highest BCUT2D eigenvalue weighted by Gasteiger charge is 2.13. The summed E-state index contributed by atoms with van der Waals surface area (Å²) in [5.74, 6) is -0.117. The Labute approximate surface area is 136 Å². The molecule has 0 aliphatic rings. The van der Waals surface area contributed by atoms with E-state index in [1.165, 1.54) is 4.90 Å². The second kappa shape index (κ2) is 8.01. The van der Waals surface area contributed by atoms with Crippen LogP contribution in [0.15, 0.2) is 58.3 Å². The number of rotatable bonds is 6. The average molecular weight is 314 g/mol. The average Bonchev–Trinajstić information content (AvgIpc) is 2.51. The Bertz CT molecular complexity index is 628. The third-order valence-electron chi connectivity index (χ3n) is 3.37. The number of hydrogen-bond acceptors (Lipinski definition) is 3. The van der Waals surface area contributed by atoms with Gasteiger partial charge in [0.15, 0.2) is 0 Å². The first kappa shape index (κ1) is 16.6. The summed E-state index contributed by atoms with van der Waals surface area (Å²) in [7, 11) is 0. The fourth-order valence-electron chi connectivity index (χ4n) is 2.13. The number of anilines is 1. The number of carbonyl (C=O) groups is 1. The molecule has 4 heteroatoms. The summed E-state index contributed by atoms with van der Waals surface area (Å²) >= 11 is 1.71. The molecule has 2 aromatic rings. The fraction of sp³-hybridized carbons (Fsp3) is 0.278. The van der Waals surface area contributed by atoms with E-state index in [0.717, 1.165) is 22.6 Å². The molecule has 3 nitrogen and oxygen atoms in total. The van der Waals surface area contributed by atoms with E-state index in [0.29, 0.717) is 6.42 Å². The summed E-state index contributed by atoms with van der Waals surface area (Å²) in [6.45, 7) is 4.02. The van der Waals surface area contributed by atoms with Crippen LogP contribution in [0.3, 0.4) is 0 Å². The van der Waals surface area contributed by atoms with Gasteiger partial charge in [0.2, 0.25) is 5.91 Å². The molecule has 0 aliphatic carbocycles. The lowest BCUT2D eigenvalue weighted by Gasteiger charge is -2.14. The summed E-state index contributed by atoms with van der Waals surface area (Å²) < 4.78 is 0. The maximum Gasteiger partial charge on any atom is 0.241 e. The van der Waals surface area contributed by atoms with Crippen molar-refractivity contribution < 1.29 is 4.79 Å². The highest BCUT2D eigenvalue weighted by Crippen LogP contribution is 2.30. The Hall–Kier alpha value is -1.78. The van der Waals surface area contributed by atoms with Crippen molar-refractivity contribution in [2.24, 2.45) is 5.73 Å². The van der Waals surface area contributed by atoms with Gasteiger partial charge in [0, 0.05) is 15.5 Å². The van der Waals surface area contributed by atoms with Gasteiger partial charge in [-0.1, -0.05) is 43.3 Å². The molecular formula is C18H22N2OS. The van der Waals surface area contributed by atoms with Gasteiger partial charge in [0.05, 0.1) is 6.04 Å². The van der Waals surface area contributed by atoms with Gasteiger partial charge in [-0.15, -0.1) is 0 Å². The molecule has 2 aromatic carbocycles. The highest BCUT2D eigenvalue weighted by molar-refractivity contribution is 7.99. The summed E-state index contributed by atoms with van der Waals surface area (Å²) in [5.41, 5.74) is 7.71. The number of carbonyl (C=O) groups excluding carboxylic acids is 1. The van der Waals surface area contributed by atoms with Gasteiger partial charge in [-0.05, 0) is 49.2 Å². The molecule has 116 valence electrons. The number of aryl methyl sites for hydroxylation is 1. The van der Waals surface area contributed by atoms with E-state index in [4.69, 9.17) is 5.73 Å². The lowest BCUT2D eigenvalue weighted by atomic mass is 10.1. The van der Waals surface area contributed by atoms with Crippen LogP contribution in [0.1, 0.15) is 25.3 Å². The maximum absolute atomic E-state index is 12.0. The Balaban J connectivity index is 2.05. The summed E-state index contributed by atoms with van der Waals surface area (Å²) in [6, 6.07) is 15.8. The number of nitrogens with two attached hydrogens (primary N) is 1. The number of nitrogens with one attached hydrogen (secondary N) is 1. The Morgan fingerprint density at radius 2 is 1.91 bits per heavy atom. The van der Waals surface area contributed by atoms with Gasteiger partial charge in [-0.25, -0.2) is 0 Å². The van der Waals surface area contributed by atoms with E-state index >= 15 is 0 Å². The highest BCUT2D eigenvalue weighted by atomic mass is 32.2. The van der Waals surface area contributed by atoms with E-state index in [1.54, 1.807) is 11.8 Å². The van der Waals surface area contributed by atoms with E-state index in [-0.39, 0.29) is 5.91 Å². The van der Waals surface area contributed by atoms with Crippen LogP contribution in [-0.2, 0) is 4.79 Å². The second-order valence-corrected chi connectivity index (χ2v) is 6.42. The van der Waals surface area contributed by atoms with Crippen LogP contribution in [0.4, 0.5) is 5.69 Å². The monoisotopic (exact) mass is 314 g/mol. The largest absolute Gasteiger partial charge is 0.324 e. The zero-order valence-corrected chi connectivity index (χ0v) is 13.8. The molecule has 0 saturated carbocycles. The number of amides is 1. The molecule has 0 saturated heterocycles. The first-order valence-corrected chi connectivity index (χ1v) is 8.31. The molecule has 0 fully saturated rings. The van der Waals surface area contributed by atoms with Crippen LogP contribution in [-0.4, -0.2) is 11.9 Å². The molecule has 1 atom stereocenters. The normalized spacial score (nSPS) is 12.0. The van der Waals surface area contributed by atoms with Gasteiger partial charge in [-0.3, -0.25) is 4.79 Å². The minimum absolute atomic E-state index is 0.117. The molecule has 1 amide bonds. The first-order chi connectivity index (χ1) is 10.6. The van der Waals surface area contributed by atoms with Crippen molar-refractivity contribution in [1.82, 2.24) is 0 Å². The SMILES string of the molecule is CCCC(N)C(=O)Nc1ccc(Sc2ccccc2)cc1C. The molecule has 2 rings (SSSR count). The van der Waals surface area contributed by atoms with E-state index in [2.05, 4.69) is 23.5 Å². The molecule has 1 unspecified atom stereocenters. The van der Waals surface area contributed by atoms with Crippen LogP contribution >= 0.6 is 11.8 Å². The van der Waals surface area contributed by atoms with Gasteiger partial charge in [-0.2, -0.15) is 0 Å². The molecule has 0 aliphatic heterocycles. The number of benzene rings is 2. The third kappa shape index (κ3) is 4.61. The summed E-state index contributed by atoms with van der Waals surface area (Å²) in [4.78, 5) is 14.3. The fourth-order valence-corrected chi connectivity index (χ4v) is 3.07. The first-order valence-electron chi connectivity index (χ1n) is 7.50. The number of hydrogen-bond donors (Lipinski definition) is 2. The topological polar surface area (TPSA) is 55.1 Å². The van der Waals surface area contributed by atoms with Crippen LogP contribution in [0.25, 0.3) is 0 Å². The zero-order valence-electron chi connectivity index (χ0n) is 13.0. The standard InChI is InChI=1S/C18H22N2OS/c1-3-7-16(19)18(21)20-17-11-10-15(12-13(17)2)22-14-8-5-4-6-9-14/h4-6,8-12,16H,3,7,19H2,1-2H3,(H,20,21). The van der Waals surface area contributed by atoms with Crippen molar-refractivity contribution in [1.29, 1.82) is 0 Å². The van der Waals surface area contributed by atoms with Crippen LogP contribution < -0.4 is 11.1 Å². The van der Waals surface area contributed by atoms with Crippen LogP contribution in [0, 0.1) is 6.92 Å². The smallest absolute Gasteiger partial charge is 0.241 e. The third-order valence-corrected chi connectivity index (χ3v) is 4.37. The van der Waals surface area contributed by atoms with Gasteiger partial charge in [0.25, 0.3) is 0 Å². The van der Waals surface area contributed by atoms with Crippen molar-refractivity contribution in [3.8, 4) is 0 Å². The maximum atomic E-state index is 12.0. The molecule has 0 bridgehead atoms. The van der Waals surface area contributed by atoms with Crippen molar-refractivity contribution in [2.45, 2.75) is 42.5 Å². The zero-order chi connectivity index (χ0) is 15.9. The summed E-state index contributed by atoms with van der Waals surface area (Å²) in [6.07, 6.45) is 1.60. The predicted molar refractivity (Wildman–Crippen MR) is 93.3 cm³/mol. The molecule has 0 aromatic heterocycles. The molecular weight excluding hydrogens is 292 g/mol. The van der Waals surface area contributed by atoms with Gasteiger partial charge in [0.1, 0.15) is 0 Å². The lowest BCUT2D eigenvalue weighted by molar-refractivity contribution is -0.117. The summed E-state index contributed by atoms with van der Waals surface area (Å²) in [5, 5.41) is 2.91. The molecule has 0 spiro atoms. The van der Waals surface area contributed by atoms with Crippen molar-refractivity contribution in [3.05, 3.63) is 54.1 Å². The van der Waals surface area contributed by atoms with Crippen molar-refractivity contribution in [2.75, 3.05) is 5.32 Å². The predicted octanol–water partition coefficient (Wildman–Crippen LogP) is 4.21. The molecule has 0 radical (unpaired) electrons. The van der Waals surface area contributed by atoms with E-state index < -0.39 is 6.04 Å². The molecule has 0 heterocycles.